The summed E-state index contributed by atoms with van der Waals surface area (Å²) in [4.78, 5) is 0. The Hall–Kier alpha value is 1.75. The van der Waals surface area contributed by atoms with Crippen LogP contribution in [0, 0.1) is 0 Å². The van der Waals surface area contributed by atoms with Crippen molar-refractivity contribution in [1.29, 1.82) is 0 Å². The van der Waals surface area contributed by atoms with Gasteiger partial charge in [-0.2, -0.15) is 24.4 Å². The maximum absolute atomic E-state index is 4.22. The summed E-state index contributed by atoms with van der Waals surface area (Å²) in [6.07, 6.45) is 0. The first kappa shape index (κ1) is 11.8. The van der Waals surface area contributed by atoms with Gasteiger partial charge < -0.3 is 0 Å². The zero-order valence-electron chi connectivity index (χ0n) is 7.06. The quantitative estimate of drug-likeness (QED) is 0.766. The second-order valence-corrected chi connectivity index (χ2v) is 8.65. The van der Waals surface area contributed by atoms with E-state index in [2.05, 4.69) is 54.8 Å². The normalized spacial score (nSPS) is 22.5. The van der Waals surface area contributed by atoms with Crippen LogP contribution in [-0.2, 0) is 0 Å². The van der Waals surface area contributed by atoms with Crippen LogP contribution in [0.3, 0.4) is 0 Å². The Morgan fingerprint density at radius 1 is 1.50 bits per heavy atom. The molecule has 0 aromatic rings. The van der Waals surface area contributed by atoms with E-state index in [1.54, 1.807) is 0 Å². The average Bonchev–Trinajstić information content (AvgIpc) is 2.15. The molecular weight excluding hydrogens is 244 g/mol. The van der Waals surface area contributed by atoms with Crippen LogP contribution in [-0.4, -0.2) is 31.5 Å². The summed E-state index contributed by atoms with van der Waals surface area (Å²) in [6, 6.07) is 0. The topological polar surface area (TPSA) is 0 Å². The van der Waals surface area contributed by atoms with Gasteiger partial charge in [0.1, 0.15) is 0 Å². The van der Waals surface area contributed by atoms with Crippen LogP contribution in [0.25, 0.3) is 0 Å². The van der Waals surface area contributed by atoms with Crippen LogP contribution in [0.15, 0.2) is 0 Å². The minimum absolute atomic E-state index is 0.785. The molecule has 72 valence electrons. The predicted molar refractivity (Wildman–Crippen MR) is 72.1 cm³/mol. The van der Waals surface area contributed by atoms with Crippen LogP contribution in [0.5, 0.6) is 0 Å². The van der Waals surface area contributed by atoms with Gasteiger partial charge in [-0.1, -0.05) is 6.92 Å². The molecule has 1 aliphatic heterocycles. The van der Waals surface area contributed by atoms with Gasteiger partial charge in [-0.15, -0.1) is 35.3 Å². The summed E-state index contributed by atoms with van der Waals surface area (Å²) in [6.45, 7) is 2.34. The lowest BCUT2D eigenvalue weighted by molar-refractivity contribution is 1.08. The van der Waals surface area contributed by atoms with Crippen molar-refractivity contribution in [2.24, 2.45) is 0 Å². The first-order valence-electron chi connectivity index (χ1n) is 3.88. The number of rotatable bonds is 4. The summed E-state index contributed by atoms with van der Waals surface area (Å²) in [7, 11) is 0. The molecule has 0 amide bonds. The minimum atomic E-state index is 0.785. The smallest absolute Gasteiger partial charge is 0.0634 e. The van der Waals surface area contributed by atoms with E-state index < -0.39 is 0 Å². The van der Waals surface area contributed by atoms with E-state index in [0.717, 1.165) is 15.6 Å². The number of hydrogen-bond acceptors (Lipinski definition) is 5. The maximum atomic E-state index is 4.22. The third-order valence-electron chi connectivity index (χ3n) is 1.49. The van der Waals surface area contributed by atoms with Crippen molar-refractivity contribution in [3.63, 3.8) is 0 Å². The molecule has 0 spiro atoms. The van der Waals surface area contributed by atoms with Crippen molar-refractivity contribution in [3.8, 4) is 0 Å². The second-order valence-electron chi connectivity index (χ2n) is 2.44. The molecule has 5 heteroatoms. The summed E-state index contributed by atoms with van der Waals surface area (Å²) in [5.74, 6) is 2.20. The van der Waals surface area contributed by atoms with Crippen molar-refractivity contribution < 1.29 is 0 Å². The first-order chi connectivity index (χ1) is 5.84. The van der Waals surface area contributed by atoms with E-state index in [0.29, 0.717) is 0 Å². The van der Waals surface area contributed by atoms with Crippen LogP contribution in [0.2, 0.25) is 0 Å². The molecule has 0 aromatic heterocycles. The van der Waals surface area contributed by atoms with E-state index in [1.807, 2.05) is 11.8 Å². The summed E-state index contributed by atoms with van der Waals surface area (Å²) >= 11 is 12.5. The SMILES string of the molecule is CC(SCCS)C1SCSCS1. The van der Waals surface area contributed by atoms with Crippen molar-refractivity contribution in [2.45, 2.75) is 16.8 Å². The van der Waals surface area contributed by atoms with Gasteiger partial charge in [0, 0.05) is 21.2 Å². The van der Waals surface area contributed by atoms with Crippen molar-refractivity contribution in [3.05, 3.63) is 0 Å². The Labute approximate surface area is 97.6 Å². The zero-order chi connectivity index (χ0) is 8.81. The molecule has 0 radical (unpaired) electrons. The largest absolute Gasteiger partial charge is 0.179 e. The third kappa shape index (κ3) is 4.31. The van der Waals surface area contributed by atoms with Gasteiger partial charge in [-0.05, 0) is 5.75 Å². The second kappa shape index (κ2) is 7.10. The molecule has 0 aromatic carbocycles. The first-order valence-corrected chi connectivity index (χ1v) is 8.81. The molecule has 1 fully saturated rings. The Balaban J connectivity index is 2.15. The van der Waals surface area contributed by atoms with E-state index in [-0.39, 0.29) is 0 Å². The standard InChI is InChI=1S/C7H14S5/c1-6(10-3-2-8)7-11-4-9-5-12-7/h6-8H,2-5H2,1H3. The number of thioether (sulfide) groups is 4. The van der Waals surface area contributed by atoms with Crippen molar-refractivity contribution in [2.75, 3.05) is 21.7 Å². The molecular formula is C7H14S5. The Bertz CT molecular complexity index is 112. The number of hydrogen-bond donors (Lipinski definition) is 1. The molecule has 0 aliphatic carbocycles. The fourth-order valence-corrected chi connectivity index (χ4v) is 7.45. The lowest BCUT2D eigenvalue weighted by Crippen LogP contribution is -2.16. The molecule has 1 atom stereocenters. The highest BCUT2D eigenvalue weighted by atomic mass is 32.3. The van der Waals surface area contributed by atoms with Crippen LogP contribution in [0.1, 0.15) is 6.92 Å². The summed E-state index contributed by atoms with van der Waals surface area (Å²) in [5.41, 5.74) is 0. The molecule has 0 saturated carbocycles. The molecule has 1 unspecified atom stereocenters. The van der Waals surface area contributed by atoms with E-state index in [4.69, 9.17) is 0 Å². The summed E-state index contributed by atoms with van der Waals surface area (Å²) in [5, 5.41) is 3.35. The monoisotopic (exact) mass is 258 g/mol. The minimum Gasteiger partial charge on any atom is -0.179 e. The van der Waals surface area contributed by atoms with E-state index in [9.17, 15) is 0 Å². The molecule has 1 aliphatic rings. The van der Waals surface area contributed by atoms with Gasteiger partial charge in [-0.25, -0.2) is 0 Å². The molecule has 1 saturated heterocycles. The fraction of sp³-hybridized carbons (Fsp3) is 1.00. The highest BCUT2D eigenvalue weighted by molar-refractivity contribution is 8.32. The average molecular weight is 259 g/mol. The molecule has 12 heavy (non-hydrogen) atoms. The van der Waals surface area contributed by atoms with Crippen molar-refractivity contribution in [1.82, 2.24) is 0 Å². The molecule has 1 rings (SSSR count). The van der Waals surface area contributed by atoms with Crippen molar-refractivity contribution >= 4 is 59.7 Å². The van der Waals surface area contributed by atoms with Gasteiger partial charge in [0.05, 0.1) is 4.58 Å². The molecule has 0 N–H and O–H groups in total. The lowest BCUT2D eigenvalue weighted by Gasteiger charge is -2.25. The third-order valence-corrected chi connectivity index (χ3v) is 8.31. The van der Waals surface area contributed by atoms with Crippen LogP contribution >= 0.6 is 59.7 Å². The van der Waals surface area contributed by atoms with Gasteiger partial charge in [-0.3, -0.25) is 0 Å². The van der Waals surface area contributed by atoms with Gasteiger partial charge >= 0.3 is 0 Å². The van der Waals surface area contributed by atoms with E-state index >= 15 is 0 Å². The molecule has 0 bridgehead atoms. The van der Waals surface area contributed by atoms with Crippen LogP contribution in [0.4, 0.5) is 0 Å². The van der Waals surface area contributed by atoms with Crippen LogP contribution < -0.4 is 0 Å². The Morgan fingerprint density at radius 2 is 2.17 bits per heavy atom. The van der Waals surface area contributed by atoms with Gasteiger partial charge in [0.15, 0.2) is 0 Å². The maximum Gasteiger partial charge on any atom is 0.0634 e. The Kier molecular flexibility index (Phi) is 6.99. The highest BCUT2D eigenvalue weighted by Gasteiger charge is 2.21. The lowest BCUT2D eigenvalue weighted by atomic mass is 10.5. The Morgan fingerprint density at radius 3 is 2.75 bits per heavy atom. The fourth-order valence-electron chi connectivity index (χ4n) is 0.901. The predicted octanol–water partition coefficient (Wildman–Crippen LogP) is 3.49. The molecule has 1 heterocycles. The zero-order valence-corrected chi connectivity index (χ0v) is 11.2. The molecule has 0 nitrogen and oxygen atoms in total. The summed E-state index contributed by atoms with van der Waals surface area (Å²) < 4.78 is 0.816. The number of thiol groups is 1. The van der Waals surface area contributed by atoms with Gasteiger partial charge in [0.2, 0.25) is 0 Å². The van der Waals surface area contributed by atoms with Gasteiger partial charge in [0.25, 0.3) is 0 Å². The van der Waals surface area contributed by atoms with E-state index in [1.165, 1.54) is 15.9 Å². The highest BCUT2D eigenvalue weighted by Crippen LogP contribution is 2.40.